The molecule has 132 valence electrons. The minimum atomic E-state index is -0.00600. The van der Waals surface area contributed by atoms with Crippen molar-refractivity contribution in [2.24, 2.45) is 0 Å². The van der Waals surface area contributed by atoms with E-state index in [2.05, 4.69) is 84.2 Å². The Hall–Kier alpha value is -2.68. The third-order valence-corrected chi connectivity index (χ3v) is 5.60. The van der Waals surface area contributed by atoms with E-state index >= 15 is 0 Å². The summed E-state index contributed by atoms with van der Waals surface area (Å²) in [6.07, 6.45) is 4.61. The summed E-state index contributed by atoms with van der Waals surface area (Å²) in [5.74, 6) is 0. The molecule has 0 spiro atoms. The van der Waals surface area contributed by atoms with Crippen molar-refractivity contribution in [3.63, 3.8) is 0 Å². The molecule has 3 aromatic rings. The molecule has 26 heavy (non-hydrogen) atoms. The first-order valence-corrected chi connectivity index (χ1v) is 9.24. The maximum absolute atomic E-state index is 4.45. The molecule has 0 saturated carbocycles. The Bertz CT molecular complexity index is 895. The van der Waals surface area contributed by atoms with Gasteiger partial charge in [0.1, 0.15) is 6.33 Å². The maximum atomic E-state index is 4.45. The fourth-order valence-corrected chi connectivity index (χ4v) is 3.70. The molecule has 0 atom stereocenters. The van der Waals surface area contributed by atoms with Gasteiger partial charge in [-0.25, -0.2) is 9.97 Å². The van der Waals surface area contributed by atoms with Gasteiger partial charge in [-0.2, -0.15) is 0 Å². The van der Waals surface area contributed by atoms with E-state index in [1.54, 1.807) is 6.33 Å². The molecule has 2 aromatic carbocycles. The van der Waals surface area contributed by atoms with Gasteiger partial charge in [-0.3, -0.25) is 0 Å². The monoisotopic (exact) mass is 343 g/mol. The molecule has 0 saturated heterocycles. The molecule has 0 aliphatic carbocycles. The molecular formula is C23H25N3. The van der Waals surface area contributed by atoms with E-state index in [1.807, 2.05) is 6.20 Å². The third-order valence-electron chi connectivity index (χ3n) is 5.60. The first-order valence-electron chi connectivity index (χ1n) is 9.24. The molecule has 1 aromatic heterocycles. The lowest BCUT2D eigenvalue weighted by atomic mass is 9.78. The van der Waals surface area contributed by atoms with Crippen molar-refractivity contribution in [3.05, 3.63) is 89.0 Å². The molecule has 0 N–H and O–H groups in total. The molecule has 0 bridgehead atoms. The predicted octanol–water partition coefficient (Wildman–Crippen LogP) is 4.67. The number of hydrogen-bond acceptors (Lipinski definition) is 3. The lowest BCUT2D eigenvalue weighted by Crippen LogP contribution is -2.31. The summed E-state index contributed by atoms with van der Waals surface area (Å²) in [7, 11) is 0. The van der Waals surface area contributed by atoms with Crippen LogP contribution in [0, 0.1) is 6.92 Å². The second-order valence-corrected chi connectivity index (χ2v) is 7.70. The summed E-state index contributed by atoms with van der Waals surface area (Å²) in [5.41, 5.74) is 7.67. The second-order valence-electron chi connectivity index (χ2n) is 7.70. The number of hydrogen-bond donors (Lipinski definition) is 0. The summed E-state index contributed by atoms with van der Waals surface area (Å²) in [6, 6.07) is 17.9. The molecule has 0 amide bonds. The van der Waals surface area contributed by atoms with Crippen LogP contribution in [0.25, 0.3) is 0 Å². The zero-order valence-electron chi connectivity index (χ0n) is 15.7. The van der Waals surface area contributed by atoms with Gasteiger partial charge < -0.3 is 4.90 Å². The zero-order valence-corrected chi connectivity index (χ0v) is 15.7. The Morgan fingerprint density at radius 3 is 2.27 bits per heavy atom. The maximum Gasteiger partial charge on any atom is 0.115 e. The average molecular weight is 343 g/mol. The van der Waals surface area contributed by atoms with Crippen LogP contribution in [0.3, 0.4) is 0 Å². The third kappa shape index (κ3) is 3.10. The average Bonchev–Trinajstić information content (AvgIpc) is 2.68. The number of benzene rings is 2. The fourth-order valence-electron chi connectivity index (χ4n) is 3.70. The predicted molar refractivity (Wildman–Crippen MR) is 107 cm³/mol. The van der Waals surface area contributed by atoms with E-state index in [9.17, 15) is 0 Å². The Kier molecular flexibility index (Phi) is 4.23. The van der Waals surface area contributed by atoms with Crippen LogP contribution in [0.5, 0.6) is 0 Å². The van der Waals surface area contributed by atoms with E-state index in [1.165, 1.54) is 27.9 Å². The normalized spacial score (nSPS) is 14.2. The molecule has 1 aliphatic rings. The molecule has 3 heteroatoms. The van der Waals surface area contributed by atoms with Crippen LogP contribution in [0.4, 0.5) is 5.69 Å². The van der Waals surface area contributed by atoms with Crippen LogP contribution in [0.2, 0.25) is 0 Å². The van der Waals surface area contributed by atoms with Gasteiger partial charge in [0.25, 0.3) is 0 Å². The lowest BCUT2D eigenvalue weighted by Gasteiger charge is -2.31. The molecule has 4 rings (SSSR count). The van der Waals surface area contributed by atoms with E-state index in [0.29, 0.717) is 0 Å². The van der Waals surface area contributed by atoms with Gasteiger partial charge in [0.2, 0.25) is 0 Å². The number of fused-ring (bicyclic) bond motifs is 1. The molecule has 0 radical (unpaired) electrons. The van der Waals surface area contributed by atoms with Crippen molar-refractivity contribution in [1.82, 2.24) is 9.97 Å². The molecule has 0 fully saturated rings. The van der Waals surface area contributed by atoms with Crippen molar-refractivity contribution in [1.29, 1.82) is 0 Å². The highest BCUT2D eigenvalue weighted by Crippen LogP contribution is 2.33. The van der Waals surface area contributed by atoms with Crippen LogP contribution in [0.15, 0.2) is 61.1 Å². The number of nitrogens with zero attached hydrogens (tertiary/aromatic N) is 3. The first-order chi connectivity index (χ1) is 12.5. The molecular weight excluding hydrogens is 318 g/mol. The highest BCUT2D eigenvalue weighted by Gasteiger charge is 2.24. The minimum absolute atomic E-state index is 0.00600. The quantitative estimate of drug-likeness (QED) is 0.692. The van der Waals surface area contributed by atoms with Crippen LogP contribution in [-0.4, -0.2) is 16.5 Å². The van der Waals surface area contributed by atoms with Crippen molar-refractivity contribution in [2.45, 2.75) is 39.2 Å². The van der Waals surface area contributed by atoms with Gasteiger partial charge in [0.15, 0.2) is 0 Å². The number of aryl methyl sites for hydroxylation is 1. The molecule has 2 heterocycles. The van der Waals surface area contributed by atoms with Crippen LogP contribution >= 0.6 is 0 Å². The molecule has 0 unspecified atom stereocenters. The van der Waals surface area contributed by atoms with Gasteiger partial charge in [-0.05, 0) is 42.2 Å². The number of aromatic nitrogens is 2. The number of rotatable bonds is 3. The van der Waals surface area contributed by atoms with Gasteiger partial charge in [-0.15, -0.1) is 0 Å². The smallest absolute Gasteiger partial charge is 0.115 e. The van der Waals surface area contributed by atoms with Crippen molar-refractivity contribution < 1.29 is 0 Å². The van der Waals surface area contributed by atoms with E-state index in [4.69, 9.17) is 0 Å². The Labute approximate surface area is 155 Å². The van der Waals surface area contributed by atoms with Crippen molar-refractivity contribution >= 4 is 5.69 Å². The minimum Gasteiger partial charge on any atom is -0.365 e. The summed E-state index contributed by atoms with van der Waals surface area (Å²) in [6.45, 7) is 8.59. The molecule has 1 aliphatic heterocycles. The van der Waals surface area contributed by atoms with Gasteiger partial charge >= 0.3 is 0 Å². The zero-order chi connectivity index (χ0) is 18.1. The summed E-state index contributed by atoms with van der Waals surface area (Å²) in [5, 5.41) is 0. The van der Waals surface area contributed by atoms with E-state index in [0.717, 1.165) is 25.2 Å². The lowest BCUT2D eigenvalue weighted by molar-refractivity contribution is 0.640. The molecule has 3 nitrogen and oxygen atoms in total. The van der Waals surface area contributed by atoms with Crippen LogP contribution < -0.4 is 4.90 Å². The summed E-state index contributed by atoms with van der Waals surface area (Å²) >= 11 is 0. The van der Waals surface area contributed by atoms with Crippen LogP contribution in [-0.2, 0) is 18.4 Å². The Morgan fingerprint density at radius 2 is 1.58 bits per heavy atom. The van der Waals surface area contributed by atoms with Crippen LogP contribution in [0.1, 0.15) is 41.8 Å². The SMILES string of the molecule is Cc1ccc(C(C)(C)c2ccc(N3CCc4cncnc4C3)cc2)cc1. The topological polar surface area (TPSA) is 29.0 Å². The Balaban J connectivity index is 1.56. The Morgan fingerprint density at radius 1 is 0.923 bits per heavy atom. The van der Waals surface area contributed by atoms with E-state index in [-0.39, 0.29) is 5.41 Å². The number of anilines is 1. The standard InChI is InChI=1S/C23H25N3/c1-17-4-6-19(7-5-17)23(2,3)20-8-10-21(11-9-20)26-13-12-18-14-24-16-25-22(18)15-26/h4-11,14,16H,12-13,15H2,1-3H3. The highest BCUT2D eigenvalue weighted by molar-refractivity contribution is 5.51. The van der Waals surface area contributed by atoms with Gasteiger partial charge in [0, 0.05) is 23.8 Å². The fraction of sp³-hybridized carbons (Fsp3) is 0.304. The van der Waals surface area contributed by atoms with Crippen molar-refractivity contribution in [2.75, 3.05) is 11.4 Å². The highest BCUT2D eigenvalue weighted by atomic mass is 15.1. The van der Waals surface area contributed by atoms with Crippen molar-refractivity contribution in [3.8, 4) is 0 Å². The van der Waals surface area contributed by atoms with Gasteiger partial charge in [-0.1, -0.05) is 55.8 Å². The second kappa shape index (κ2) is 6.56. The van der Waals surface area contributed by atoms with Gasteiger partial charge in [0.05, 0.1) is 12.2 Å². The summed E-state index contributed by atoms with van der Waals surface area (Å²) in [4.78, 5) is 11.0. The summed E-state index contributed by atoms with van der Waals surface area (Å²) < 4.78 is 0. The largest absolute Gasteiger partial charge is 0.365 e. The van der Waals surface area contributed by atoms with E-state index < -0.39 is 0 Å². The first kappa shape index (κ1) is 16.8.